The molecule has 3 unspecified atom stereocenters. The van der Waals surface area contributed by atoms with E-state index in [4.69, 9.17) is 4.74 Å². The van der Waals surface area contributed by atoms with Gasteiger partial charge in [-0.1, -0.05) is 27.7 Å². The van der Waals surface area contributed by atoms with Crippen LogP contribution in [0.15, 0.2) is 71.7 Å². The smallest absolute Gasteiger partial charge is 0.255 e. The minimum absolute atomic E-state index is 0.0914. The van der Waals surface area contributed by atoms with Gasteiger partial charge < -0.3 is 29.7 Å². The average molecular weight is 851 g/mol. The van der Waals surface area contributed by atoms with E-state index in [1.165, 1.54) is 12.3 Å². The zero-order valence-electron chi connectivity index (χ0n) is 36.3. The summed E-state index contributed by atoms with van der Waals surface area (Å²) in [7, 11) is 0. The number of carbonyl (C=O) groups is 4. The van der Waals surface area contributed by atoms with Crippen molar-refractivity contribution in [3.63, 3.8) is 0 Å². The number of carbonyl (C=O) groups excluding carboxylic acids is 4. The van der Waals surface area contributed by atoms with Gasteiger partial charge in [0.25, 0.3) is 11.8 Å². The molecule has 3 atom stereocenters. The van der Waals surface area contributed by atoms with E-state index in [0.29, 0.717) is 70.7 Å². The molecule has 3 N–H and O–H groups in total. The van der Waals surface area contributed by atoms with Crippen molar-refractivity contribution in [2.24, 2.45) is 34.5 Å². The molecule has 326 valence electrons. The molecule has 0 bridgehead atoms. The number of amides is 4. The number of aromatic nitrogens is 1. The van der Waals surface area contributed by atoms with E-state index in [2.05, 4.69) is 82.3 Å². The zero-order valence-corrected chi connectivity index (χ0v) is 36.3. The molecule has 14 heteroatoms. The Morgan fingerprint density at radius 2 is 1.60 bits per heavy atom. The quantitative estimate of drug-likeness (QED) is 0.193. The van der Waals surface area contributed by atoms with E-state index in [1.807, 2.05) is 24.3 Å². The van der Waals surface area contributed by atoms with Crippen LogP contribution in [0.4, 0.5) is 11.4 Å². The number of rotatable bonds is 10. The summed E-state index contributed by atoms with van der Waals surface area (Å²) in [6, 6.07) is 20.3. The lowest BCUT2D eigenvalue weighted by Crippen LogP contribution is -2.71. The maximum Gasteiger partial charge on any atom is 0.255 e. The normalized spacial score (nSPS) is 27.0. The molecule has 63 heavy (non-hydrogen) atoms. The highest BCUT2D eigenvalue weighted by Gasteiger charge is 2.62. The predicted octanol–water partition coefficient (Wildman–Crippen LogP) is 4.52. The first kappa shape index (κ1) is 40.8. The number of fused-ring (bicyclic) bond motifs is 3. The number of hydrogen-bond donors (Lipinski definition) is 3. The fraction of sp³-hybridized carbons (Fsp3) is 0.469. The van der Waals surface area contributed by atoms with Crippen LogP contribution in [-0.4, -0.2) is 103 Å². The number of piperazine rings is 1. The number of nitrogens with one attached hydrogen (secondary N) is 3. The van der Waals surface area contributed by atoms with Gasteiger partial charge in [0.05, 0.1) is 23.1 Å². The van der Waals surface area contributed by atoms with E-state index >= 15 is 0 Å². The molecule has 1 aromatic heterocycles. The van der Waals surface area contributed by atoms with Crippen molar-refractivity contribution in [3.8, 4) is 11.8 Å². The van der Waals surface area contributed by atoms with Crippen LogP contribution in [0.3, 0.4) is 0 Å². The highest BCUT2D eigenvalue weighted by molar-refractivity contribution is 6.05. The summed E-state index contributed by atoms with van der Waals surface area (Å²) in [5.74, 6) is 1.71. The van der Waals surface area contributed by atoms with E-state index in [1.54, 1.807) is 17.0 Å². The molecule has 4 aliphatic heterocycles. The third kappa shape index (κ3) is 7.01. The van der Waals surface area contributed by atoms with Crippen molar-refractivity contribution in [2.45, 2.75) is 59.2 Å². The van der Waals surface area contributed by atoms with Gasteiger partial charge in [-0.25, -0.2) is 0 Å². The molecule has 5 heterocycles. The van der Waals surface area contributed by atoms with Crippen molar-refractivity contribution >= 4 is 45.9 Å². The van der Waals surface area contributed by atoms with Gasteiger partial charge >= 0.3 is 0 Å². The third-order valence-corrected chi connectivity index (χ3v) is 15.5. The Kier molecular flexibility index (Phi) is 9.89. The topological polar surface area (TPSA) is 171 Å². The van der Waals surface area contributed by atoms with Crippen LogP contribution < -0.4 is 30.6 Å². The second-order valence-corrected chi connectivity index (χ2v) is 19.7. The number of nitriles is 1. The molecule has 3 saturated heterocycles. The first-order valence-electron chi connectivity index (χ1n) is 22.3. The number of aromatic amines is 1. The molecule has 10 rings (SSSR count). The lowest BCUT2D eigenvalue weighted by molar-refractivity contribution is -0.137. The molecular formula is C49H54N8O6. The van der Waals surface area contributed by atoms with Crippen molar-refractivity contribution in [2.75, 3.05) is 62.2 Å². The molecule has 2 aliphatic carbocycles. The minimum atomic E-state index is -0.605. The Labute approximate surface area is 366 Å². The molecule has 6 aliphatic rings. The highest BCUT2D eigenvalue weighted by atomic mass is 16.5. The minimum Gasteiger partial charge on any atom is -0.492 e. The Hall–Kier alpha value is -6.20. The standard InChI is InChI=1S/C49H54N8O6/c1-48(2)40(27-63-39-13-7-29(22-50)43-42(39)38(58)15-16-51-43)49(3,4)47(48)53-44(60)28-5-8-31(9-6-28)56-25-35-34(36(35)26-56)24-54-17-19-55(20-18-54)32-10-11-33-30(21-32)23-57(46(33)62)37-12-14-41(59)52-45(37)61/h5-11,13,15-16,21,34-37,40,47H,12,14,17-20,23-27H2,1-4H3,(H,51,58)(H,53,60)(H,52,59,61). The number of pyridine rings is 1. The second-order valence-electron chi connectivity index (χ2n) is 19.7. The first-order valence-corrected chi connectivity index (χ1v) is 22.3. The van der Waals surface area contributed by atoms with Crippen molar-refractivity contribution in [3.05, 3.63) is 99.3 Å². The molecule has 4 amide bonds. The zero-order chi connectivity index (χ0) is 43.9. The number of imide groups is 1. The summed E-state index contributed by atoms with van der Waals surface area (Å²) in [4.78, 5) is 75.8. The summed E-state index contributed by atoms with van der Waals surface area (Å²) in [5, 5.41) is 15.6. The van der Waals surface area contributed by atoms with Gasteiger partial charge in [-0.3, -0.25) is 34.2 Å². The van der Waals surface area contributed by atoms with Crippen LogP contribution in [0, 0.1) is 45.8 Å². The fourth-order valence-corrected chi connectivity index (χ4v) is 12.1. The SMILES string of the molecule is CC1(C)C(COc2ccc(C#N)c3[nH]ccc(=O)c23)C(C)(C)C1NC(=O)c1ccc(N2CC3C(CN4CCN(c5ccc6c(c5)CN(C5CCC(=O)NC5=O)C6=O)CC4)C3C2)cc1. The van der Waals surface area contributed by atoms with Crippen LogP contribution in [0.5, 0.6) is 5.75 Å². The van der Waals surface area contributed by atoms with Crippen molar-refractivity contribution < 1.29 is 23.9 Å². The third-order valence-electron chi connectivity index (χ3n) is 15.5. The fourth-order valence-electron chi connectivity index (χ4n) is 12.1. The molecule has 2 saturated carbocycles. The number of hydrogen-bond acceptors (Lipinski definition) is 10. The van der Waals surface area contributed by atoms with Crippen LogP contribution in [0.1, 0.15) is 72.4 Å². The van der Waals surface area contributed by atoms with Crippen molar-refractivity contribution in [1.29, 1.82) is 5.26 Å². The number of nitrogens with zero attached hydrogens (tertiary/aromatic N) is 5. The van der Waals surface area contributed by atoms with Crippen LogP contribution >= 0.6 is 0 Å². The van der Waals surface area contributed by atoms with E-state index in [9.17, 15) is 29.2 Å². The second kappa shape index (κ2) is 15.3. The summed E-state index contributed by atoms with van der Waals surface area (Å²) in [6.07, 6.45) is 2.15. The molecular weight excluding hydrogens is 797 g/mol. The first-order chi connectivity index (χ1) is 30.2. The summed E-state index contributed by atoms with van der Waals surface area (Å²) in [6.45, 7) is 16.4. The van der Waals surface area contributed by atoms with E-state index in [0.717, 1.165) is 62.8 Å². The summed E-state index contributed by atoms with van der Waals surface area (Å²) < 4.78 is 6.31. The Bertz CT molecular complexity index is 2610. The Morgan fingerprint density at radius 1 is 0.889 bits per heavy atom. The Balaban J connectivity index is 0.682. The summed E-state index contributed by atoms with van der Waals surface area (Å²) >= 11 is 0. The summed E-state index contributed by atoms with van der Waals surface area (Å²) in [5.41, 5.74) is 4.59. The number of H-pyrrole nitrogens is 1. The van der Waals surface area contributed by atoms with Gasteiger partial charge in [-0.15, -0.1) is 0 Å². The number of ether oxygens (including phenoxy) is 1. The number of piperidine rings is 2. The van der Waals surface area contributed by atoms with Crippen LogP contribution in [0.2, 0.25) is 0 Å². The highest BCUT2D eigenvalue weighted by Crippen LogP contribution is 2.59. The predicted molar refractivity (Wildman–Crippen MR) is 237 cm³/mol. The maximum atomic E-state index is 13.7. The van der Waals surface area contributed by atoms with Crippen LogP contribution in [0.25, 0.3) is 10.9 Å². The molecule has 5 fully saturated rings. The van der Waals surface area contributed by atoms with E-state index in [-0.39, 0.29) is 58.3 Å². The lowest BCUT2D eigenvalue weighted by atomic mass is 9.44. The number of benzene rings is 3. The molecule has 3 aromatic carbocycles. The molecule has 14 nitrogen and oxygen atoms in total. The molecule has 4 aromatic rings. The lowest BCUT2D eigenvalue weighted by Gasteiger charge is -2.64. The van der Waals surface area contributed by atoms with Gasteiger partial charge in [0.1, 0.15) is 17.9 Å². The largest absolute Gasteiger partial charge is 0.492 e. The van der Waals surface area contributed by atoms with Crippen LogP contribution in [-0.2, 0) is 16.1 Å². The van der Waals surface area contributed by atoms with E-state index < -0.39 is 6.04 Å². The van der Waals surface area contributed by atoms with Gasteiger partial charge in [-0.2, -0.15) is 5.26 Å². The average Bonchev–Trinajstić information content (AvgIpc) is 3.53. The molecule has 0 radical (unpaired) electrons. The Morgan fingerprint density at radius 3 is 2.30 bits per heavy atom. The molecule has 0 spiro atoms. The van der Waals surface area contributed by atoms with Gasteiger partial charge in [-0.05, 0) is 95.2 Å². The van der Waals surface area contributed by atoms with Gasteiger partial charge in [0, 0.05) is 106 Å². The van der Waals surface area contributed by atoms with Gasteiger partial charge in [0.2, 0.25) is 11.8 Å². The van der Waals surface area contributed by atoms with Crippen molar-refractivity contribution in [1.82, 2.24) is 25.4 Å². The number of anilines is 2. The monoisotopic (exact) mass is 850 g/mol. The maximum absolute atomic E-state index is 13.7. The van der Waals surface area contributed by atoms with Gasteiger partial charge in [0.15, 0.2) is 5.43 Å².